The third kappa shape index (κ3) is 3.59. The molecule has 2 aliphatic rings. The van der Waals surface area contributed by atoms with Crippen molar-refractivity contribution in [3.05, 3.63) is 46.5 Å². The predicted octanol–water partition coefficient (Wildman–Crippen LogP) is 1.90. The van der Waals surface area contributed by atoms with Crippen LogP contribution in [0.1, 0.15) is 42.1 Å². The number of halogens is 2. The van der Waals surface area contributed by atoms with Gasteiger partial charge in [-0.3, -0.25) is 9.59 Å². The Hall–Kier alpha value is -3.54. The third-order valence-corrected chi connectivity index (χ3v) is 6.35. The van der Waals surface area contributed by atoms with Crippen LogP contribution in [0, 0.1) is 0 Å². The molecular weight excluding hydrogens is 436 g/mol. The highest BCUT2D eigenvalue weighted by Crippen LogP contribution is 2.37. The van der Waals surface area contributed by atoms with Crippen molar-refractivity contribution in [2.24, 2.45) is 0 Å². The van der Waals surface area contributed by atoms with Gasteiger partial charge in [-0.15, -0.1) is 0 Å². The van der Waals surface area contributed by atoms with Crippen molar-refractivity contribution in [1.29, 1.82) is 0 Å². The van der Waals surface area contributed by atoms with Gasteiger partial charge < -0.3 is 25.6 Å². The molecule has 2 fully saturated rings. The summed E-state index contributed by atoms with van der Waals surface area (Å²) in [6.45, 7) is 0. The second-order valence-electron chi connectivity index (χ2n) is 8.37. The molecule has 0 aliphatic heterocycles. The van der Waals surface area contributed by atoms with Crippen molar-refractivity contribution in [2.75, 3.05) is 17.7 Å². The zero-order chi connectivity index (χ0) is 23.3. The van der Waals surface area contributed by atoms with Gasteiger partial charge in [0.15, 0.2) is 5.65 Å². The van der Waals surface area contributed by atoms with Crippen LogP contribution in [0.5, 0.6) is 0 Å². The summed E-state index contributed by atoms with van der Waals surface area (Å²) in [6, 6.07) is 3.42. The molecule has 10 nitrogen and oxygen atoms in total. The van der Waals surface area contributed by atoms with Crippen LogP contribution in [0.2, 0.25) is 0 Å². The first-order chi connectivity index (χ1) is 15.8. The van der Waals surface area contributed by atoms with E-state index < -0.39 is 24.0 Å². The van der Waals surface area contributed by atoms with Gasteiger partial charge in [0.2, 0.25) is 0 Å². The maximum absolute atomic E-state index is 13.6. The predicted molar refractivity (Wildman–Crippen MR) is 116 cm³/mol. The fourth-order valence-electron chi connectivity index (χ4n) is 4.08. The molecule has 3 atom stereocenters. The molecule has 5 rings (SSSR count). The number of aliphatic hydroxyl groups is 1. The molecule has 3 aromatic rings. The third-order valence-electron chi connectivity index (χ3n) is 6.35. The fourth-order valence-corrected chi connectivity index (χ4v) is 4.08. The van der Waals surface area contributed by atoms with Crippen LogP contribution in [0.25, 0.3) is 5.65 Å². The Labute approximate surface area is 186 Å². The molecule has 12 heteroatoms. The van der Waals surface area contributed by atoms with Gasteiger partial charge in [-0.2, -0.15) is 9.61 Å². The number of amides is 1. The number of aliphatic hydroxyl groups excluding tert-OH is 1. The summed E-state index contributed by atoms with van der Waals surface area (Å²) in [5, 5.41) is 22.4. The van der Waals surface area contributed by atoms with Crippen molar-refractivity contribution in [2.45, 2.75) is 49.8 Å². The van der Waals surface area contributed by atoms with Crippen LogP contribution in [-0.4, -0.2) is 55.3 Å². The van der Waals surface area contributed by atoms with Gasteiger partial charge in [-0.1, -0.05) is 0 Å². The van der Waals surface area contributed by atoms with Gasteiger partial charge in [-0.25, -0.2) is 13.8 Å². The number of carbonyl (C=O) groups excluding carboxylic acids is 1. The van der Waals surface area contributed by atoms with Crippen LogP contribution in [0.15, 0.2) is 35.4 Å². The lowest BCUT2D eigenvalue weighted by Crippen LogP contribution is -2.55. The summed E-state index contributed by atoms with van der Waals surface area (Å²) in [6.07, 6.45) is 3.66. The minimum Gasteiger partial charge on any atom is -0.391 e. The van der Waals surface area contributed by atoms with E-state index in [1.807, 2.05) is 0 Å². The van der Waals surface area contributed by atoms with Gasteiger partial charge in [0.1, 0.15) is 22.9 Å². The molecule has 2 saturated carbocycles. The number of aromatic nitrogens is 4. The highest BCUT2D eigenvalue weighted by atomic mass is 19.3. The molecule has 3 aromatic heterocycles. The number of nitrogens with zero attached hydrogens (tertiary/aromatic N) is 4. The minimum absolute atomic E-state index is 0.0425. The molecular formula is C21H23F2N7O3. The second kappa shape index (κ2) is 7.80. The number of rotatable bonds is 6. The van der Waals surface area contributed by atoms with Crippen LogP contribution in [0.3, 0.4) is 0 Å². The highest BCUT2D eigenvalue weighted by molar-refractivity contribution is 6.00. The maximum Gasteiger partial charge on any atom is 0.274 e. The molecule has 0 aromatic carbocycles. The summed E-state index contributed by atoms with van der Waals surface area (Å²) in [5.41, 5.74) is 0.124. The van der Waals surface area contributed by atoms with Crippen LogP contribution in [-0.2, 0) is 0 Å². The van der Waals surface area contributed by atoms with E-state index in [4.69, 9.17) is 0 Å². The SMILES string of the molecule is CNc1cc(Nc2cccn([C@@H]3CC[C@@H]3O)c2=O)nc2c(C(=O)N[C@@H]3CCC3(F)F)cnn12. The molecule has 2 aliphatic carbocycles. The zero-order valence-electron chi connectivity index (χ0n) is 17.8. The summed E-state index contributed by atoms with van der Waals surface area (Å²) in [5.74, 6) is -2.88. The number of pyridine rings is 1. The molecule has 4 N–H and O–H groups in total. The Kier molecular flexibility index (Phi) is 5.04. The molecule has 0 unspecified atom stereocenters. The number of alkyl halides is 2. The summed E-state index contributed by atoms with van der Waals surface area (Å²) < 4.78 is 30.1. The Balaban J connectivity index is 1.47. The maximum atomic E-state index is 13.6. The Morgan fingerprint density at radius 2 is 2.12 bits per heavy atom. The van der Waals surface area contributed by atoms with Crippen molar-refractivity contribution in [3.63, 3.8) is 0 Å². The van der Waals surface area contributed by atoms with E-state index in [0.717, 1.165) is 0 Å². The van der Waals surface area contributed by atoms with Gasteiger partial charge in [-0.05, 0) is 31.4 Å². The van der Waals surface area contributed by atoms with Gasteiger partial charge in [0.05, 0.1) is 24.4 Å². The molecule has 1 amide bonds. The average molecular weight is 459 g/mol. The van der Waals surface area contributed by atoms with E-state index in [0.29, 0.717) is 18.7 Å². The molecule has 0 bridgehead atoms. The first-order valence-corrected chi connectivity index (χ1v) is 10.7. The summed E-state index contributed by atoms with van der Waals surface area (Å²) in [4.78, 5) is 30.0. The first-order valence-electron chi connectivity index (χ1n) is 10.7. The van der Waals surface area contributed by atoms with Crippen molar-refractivity contribution < 1.29 is 18.7 Å². The zero-order valence-corrected chi connectivity index (χ0v) is 17.8. The quantitative estimate of drug-likeness (QED) is 0.444. The number of fused-ring (bicyclic) bond motifs is 1. The standard InChI is InChI=1S/C21H23F2N7O3/c1-24-17-9-16(26-12-3-2-8-29(20(12)33)13-4-5-14(13)31)28-18-11(10-25-30(17)18)19(32)27-15-6-7-21(15,22)23/h2-3,8-10,13-15,24,31H,4-7H2,1H3,(H,26,28)(H,27,32)/t13-,14+,15-/m1/s1. The van der Waals surface area contributed by atoms with E-state index >= 15 is 0 Å². The lowest BCUT2D eigenvalue weighted by atomic mass is 9.88. The van der Waals surface area contributed by atoms with Crippen molar-refractivity contribution >= 4 is 28.9 Å². The molecule has 0 spiro atoms. The van der Waals surface area contributed by atoms with Crippen molar-refractivity contribution in [1.82, 2.24) is 24.5 Å². The number of hydrogen-bond donors (Lipinski definition) is 4. The largest absolute Gasteiger partial charge is 0.391 e. The first kappa shape index (κ1) is 21.3. The Bertz CT molecular complexity index is 1290. The van der Waals surface area contributed by atoms with Crippen LogP contribution >= 0.6 is 0 Å². The van der Waals surface area contributed by atoms with Crippen LogP contribution in [0.4, 0.5) is 26.1 Å². The van der Waals surface area contributed by atoms with Crippen molar-refractivity contribution in [3.8, 4) is 0 Å². The Morgan fingerprint density at radius 1 is 1.30 bits per heavy atom. The lowest BCUT2D eigenvalue weighted by Gasteiger charge is -2.36. The molecule has 0 radical (unpaired) electrons. The van der Waals surface area contributed by atoms with E-state index in [9.17, 15) is 23.5 Å². The Morgan fingerprint density at radius 3 is 2.73 bits per heavy atom. The van der Waals surface area contributed by atoms with Crippen LogP contribution < -0.4 is 21.5 Å². The lowest BCUT2D eigenvalue weighted by molar-refractivity contribution is -0.102. The summed E-state index contributed by atoms with van der Waals surface area (Å²) >= 11 is 0. The van der Waals surface area contributed by atoms with E-state index in [1.165, 1.54) is 15.3 Å². The topological polar surface area (TPSA) is 126 Å². The number of anilines is 3. The minimum atomic E-state index is -2.92. The average Bonchev–Trinajstić information content (AvgIpc) is 3.21. The monoisotopic (exact) mass is 459 g/mol. The highest BCUT2D eigenvalue weighted by Gasteiger charge is 2.49. The van der Waals surface area contributed by atoms with E-state index in [1.54, 1.807) is 31.4 Å². The number of carbonyl (C=O) groups is 1. The van der Waals surface area contributed by atoms with Gasteiger partial charge >= 0.3 is 0 Å². The summed E-state index contributed by atoms with van der Waals surface area (Å²) in [7, 11) is 1.66. The molecule has 0 saturated heterocycles. The molecule has 174 valence electrons. The normalized spacial score (nSPS) is 23.5. The smallest absolute Gasteiger partial charge is 0.274 e. The van der Waals surface area contributed by atoms with E-state index in [-0.39, 0.29) is 47.2 Å². The van der Waals surface area contributed by atoms with Gasteiger partial charge in [0, 0.05) is 25.7 Å². The number of nitrogens with one attached hydrogen (secondary N) is 3. The van der Waals surface area contributed by atoms with Gasteiger partial charge in [0.25, 0.3) is 17.4 Å². The second-order valence-corrected chi connectivity index (χ2v) is 8.37. The molecule has 33 heavy (non-hydrogen) atoms. The molecule has 3 heterocycles. The fraction of sp³-hybridized carbons (Fsp3) is 0.429. The van der Waals surface area contributed by atoms with E-state index in [2.05, 4.69) is 26.0 Å². The number of hydrogen-bond acceptors (Lipinski definition) is 7.